The summed E-state index contributed by atoms with van der Waals surface area (Å²) in [5, 5.41) is 6.15. The van der Waals surface area contributed by atoms with Crippen LogP contribution >= 0.6 is 27.5 Å². The normalized spacial score (nSPS) is 15.5. The second-order valence-corrected chi connectivity index (χ2v) is 7.56. The van der Waals surface area contributed by atoms with Crippen molar-refractivity contribution in [2.45, 2.75) is 18.9 Å². The molecule has 0 spiro atoms. The van der Waals surface area contributed by atoms with Crippen LogP contribution in [0.2, 0.25) is 5.02 Å². The Morgan fingerprint density at radius 1 is 1.15 bits per heavy atom. The van der Waals surface area contributed by atoms with Gasteiger partial charge in [-0.2, -0.15) is 0 Å². The number of furan rings is 1. The second-order valence-electron chi connectivity index (χ2n) is 6.37. The molecule has 3 rings (SSSR count). The van der Waals surface area contributed by atoms with Gasteiger partial charge in [-0.25, -0.2) is 0 Å². The third kappa shape index (κ3) is 5.34. The topological polar surface area (TPSA) is 74.6 Å². The third-order valence-electron chi connectivity index (χ3n) is 4.54. The molecule has 144 valence electrons. The van der Waals surface area contributed by atoms with Crippen LogP contribution in [0.3, 0.4) is 0 Å². The van der Waals surface area contributed by atoms with Gasteiger partial charge in [0, 0.05) is 11.6 Å². The zero-order valence-corrected chi connectivity index (χ0v) is 17.1. The molecule has 1 aromatic heterocycles. The van der Waals surface area contributed by atoms with Crippen LogP contribution < -0.4 is 10.6 Å². The number of carbonyl (C=O) groups is 2. The molecular weight excluding hydrogens is 434 g/mol. The van der Waals surface area contributed by atoms with Crippen molar-refractivity contribution in [3.8, 4) is 0 Å². The van der Waals surface area contributed by atoms with Gasteiger partial charge in [0.15, 0.2) is 10.4 Å². The SMILES string of the molecule is O=C(CNC(=O)c1ccc(Br)o1)NCC(c1ccccc1Cl)N1CCCC1. The van der Waals surface area contributed by atoms with E-state index in [2.05, 4.69) is 31.5 Å². The van der Waals surface area contributed by atoms with Crippen molar-refractivity contribution in [1.29, 1.82) is 0 Å². The molecule has 1 aliphatic heterocycles. The van der Waals surface area contributed by atoms with E-state index in [1.165, 1.54) is 6.07 Å². The lowest BCUT2D eigenvalue weighted by Gasteiger charge is -2.29. The minimum Gasteiger partial charge on any atom is -0.444 e. The van der Waals surface area contributed by atoms with Crippen molar-refractivity contribution in [3.63, 3.8) is 0 Å². The second kappa shape index (κ2) is 9.39. The Labute approximate surface area is 171 Å². The average Bonchev–Trinajstić information content (AvgIpc) is 3.33. The van der Waals surface area contributed by atoms with Crippen molar-refractivity contribution < 1.29 is 14.0 Å². The van der Waals surface area contributed by atoms with Gasteiger partial charge in [0.1, 0.15) is 0 Å². The third-order valence-corrected chi connectivity index (χ3v) is 5.32. The van der Waals surface area contributed by atoms with Crippen LogP contribution in [0, 0.1) is 0 Å². The Bertz CT molecular complexity index is 805. The first-order valence-electron chi connectivity index (χ1n) is 8.83. The van der Waals surface area contributed by atoms with E-state index in [1.54, 1.807) is 6.07 Å². The predicted molar refractivity (Wildman–Crippen MR) is 107 cm³/mol. The molecule has 1 atom stereocenters. The van der Waals surface area contributed by atoms with Crippen molar-refractivity contribution in [2.75, 3.05) is 26.2 Å². The molecule has 2 aromatic rings. The molecule has 1 unspecified atom stereocenters. The highest BCUT2D eigenvalue weighted by Gasteiger charge is 2.25. The number of hydrogen-bond donors (Lipinski definition) is 2. The van der Waals surface area contributed by atoms with Gasteiger partial charge >= 0.3 is 0 Å². The fourth-order valence-electron chi connectivity index (χ4n) is 3.19. The van der Waals surface area contributed by atoms with E-state index in [9.17, 15) is 9.59 Å². The summed E-state index contributed by atoms with van der Waals surface area (Å²) in [5.74, 6) is -0.538. The van der Waals surface area contributed by atoms with E-state index in [1.807, 2.05) is 24.3 Å². The lowest BCUT2D eigenvalue weighted by molar-refractivity contribution is -0.120. The lowest BCUT2D eigenvalue weighted by Crippen LogP contribution is -2.41. The molecule has 2 N–H and O–H groups in total. The number of amides is 2. The van der Waals surface area contributed by atoms with Gasteiger partial charge in [-0.3, -0.25) is 14.5 Å². The minimum atomic E-state index is -0.432. The van der Waals surface area contributed by atoms with Gasteiger partial charge in [-0.1, -0.05) is 29.8 Å². The Balaban J connectivity index is 1.56. The van der Waals surface area contributed by atoms with E-state index in [4.69, 9.17) is 16.0 Å². The first-order valence-corrected chi connectivity index (χ1v) is 10.0. The molecule has 27 heavy (non-hydrogen) atoms. The summed E-state index contributed by atoms with van der Waals surface area (Å²) in [6.45, 7) is 2.28. The van der Waals surface area contributed by atoms with Crippen LogP contribution in [0.4, 0.5) is 0 Å². The van der Waals surface area contributed by atoms with Crippen molar-refractivity contribution in [3.05, 3.63) is 57.4 Å². The van der Waals surface area contributed by atoms with E-state index in [0.717, 1.165) is 31.5 Å². The van der Waals surface area contributed by atoms with Gasteiger partial charge < -0.3 is 15.1 Å². The molecule has 0 saturated carbocycles. The van der Waals surface area contributed by atoms with E-state index >= 15 is 0 Å². The van der Waals surface area contributed by atoms with Crippen LogP contribution in [0.25, 0.3) is 0 Å². The molecule has 2 heterocycles. The highest BCUT2D eigenvalue weighted by molar-refractivity contribution is 9.10. The Hall–Kier alpha value is -1.83. The quantitative estimate of drug-likeness (QED) is 0.673. The lowest BCUT2D eigenvalue weighted by atomic mass is 10.1. The number of rotatable bonds is 7. The molecule has 0 bridgehead atoms. The molecular formula is C19H21BrClN3O3. The first-order chi connectivity index (χ1) is 13.0. The summed E-state index contributed by atoms with van der Waals surface area (Å²) in [6, 6.07) is 10.9. The molecule has 0 radical (unpaired) electrons. The van der Waals surface area contributed by atoms with E-state index < -0.39 is 5.91 Å². The van der Waals surface area contributed by atoms with Gasteiger partial charge in [0.05, 0.1) is 12.6 Å². The van der Waals surface area contributed by atoms with Gasteiger partial charge in [0.2, 0.25) is 5.91 Å². The molecule has 6 nitrogen and oxygen atoms in total. The van der Waals surface area contributed by atoms with Crippen molar-refractivity contribution >= 4 is 39.3 Å². The van der Waals surface area contributed by atoms with Crippen molar-refractivity contribution in [1.82, 2.24) is 15.5 Å². The summed E-state index contributed by atoms with van der Waals surface area (Å²) in [5.41, 5.74) is 1.01. The van der Waals surface area contributed by atoms with Crippen LogP contribution in [-0.4, -0.2) is 42.9 Å². The number of nitrogens with zero attached hydrogens (tertiary/aromatic N) is 1. The number of nitrogens with one attached hydrogen (secondary N) is 2. The largest absolute Gasteiger partial charge is 0.444 e. The van der Waals surface area contributed by atoms with Crippen molar-refractivity contribution in [2.24, 2.45) is 0 Å². The van der Waals surface area contributed by atoms with Crippen LogP contribution in [0.5, 0.6) is 0 Å². The summed E-state index contributed by atoms with van der Waals surface area (Å²) in [6.07, 6.45) is 2.29. The zero-order valence-electron chi connectivity index (χ0n) is 14.7. The molecule has 1 fully saturated rings. The summed E-state index contributed by atoms with van der Waals surface area (Å²) >= 11 is 9.51. The number of benzene rings is 1. The molecule has 2 amide bonds. The van der Waals surface area contributed by atoms with Crippen LogP contribution in [0.1, 0.15) is 35.0 Å². The number of carbonyl (C=O) groups excluding carboxylic acids is 2. The number of hydrogen-bond acceptors (Lipinski definition) is 4. The van der Waals surface area contributed by atoms with Crippen LogP contribution in [0.15, 0.2) is 45.5 Å². The number of halogens is 2. The van der Waals surface area contributed by atoms with E-state index in [-0.39, 0.29) is 24.3 Å². The highest BCUT2D eigenvalue weighted by atomic mass is 79.9. The Kier molecular flexibility index (Phi) is 6.93. The van der Waals surface area contributed by atoms with Gasteiger partial charge in [0.25, 0.3) is 5.91 Å². The first kappa shape index (κ1) is 19.9. The predicted octanol–water partition coefficient (Wildman–Crippen LogP) is 3.38. The Morgan fingerprint density at radius 2 is 1.89 bits per heavy atom. The maximum Gasteiger partial charge on any atom is 0.287 e. The standard InChI is InChI=1S/C19H21BrClN3O3/c20-17-8-7-16(27-17)19(26)23-12-18(25)22-11-15(24-9-3-4-10-24)13-5-1-2-6-14(13)21/h1-2,5-8,15H,3-4,9-12H2,(H,22,25)(H,23,26). The molecule has 1 aliphatic rings. The summed E-state index contributed by atoms with van der Waals surface area (Å²) in [7, 11) is 0. The van der Waals surface area contributed by atoms with Crippen LogP contribution in [-0.2, 0) is 4.79 Å². The van der Waals surface area contributed by atoms with Gasteiger partial charge in [-0.05, 0) is 65.6 Å². The summed E-state index contributed by atoms with van der Waals surface area (Å²) < 4.78 is 5.63. The van der Waals surface area contributed by atoms with Gasteiger partial charge in [-0.15, -0.1) is 0 Å². The molecule has 1 saturated heterocycles. The molecule has 0 aliphatic carbocycles. The van der Waals surface area contributed by atoms with E-state index in [0.29, 0.717) is 16.2 Å². The molecule has 1 aromatic carbocycles. The minimum absolute atomic E-state index is 0.0156. The average molecular weight is 455 g/mol. The Morgan fingerprint density at radius 3 is 2.56 bits per heavy atom. The highest BCUT2D eigenvalue weighted by Crippen LogP contribution is 2.29. The fraction of sp³-hybridized carbons (Fsp3) is 0.368. The zero-order chi connectivity index (χ0) is 19.2. The maximum absolute atomic E-state index is 12.2. The summed E-state index contributed by atoms with van der Waals surface area (Å²) in [4.78, 5) is 26.5. The molecule has 8 heteroatoms. The fourth-order valence-corrected chi connectivity index (χ4v) is 3.76. The smallest absolute Gasteiger partial charge is 0.287 e. The monoisotopic (exact) mass is 453 g/mol. The number of likely N-dealkylation sites (tertiary alicyclic amines) is 1. The maximum atomic E-state index is 12.2.